The summed E-state index contributed by atoms with van der Waals surface area (Å²) in [5.41, 5.74) is -0.789. The lowest BCUT2D eigenvalue weighted by Gasteiger charge is -2.23. The van der Waals surface area contributed by atoms with Crippen molar-refractivity contribution in [3.05, 3.63) is 17.0 Å². The van der Waals surface area contributed by atoms with Crippen LogP contribution < -0.4 is 5.32 Å². The Labute approximate surface area is 150 Å². The van der Waals surface area contributed by atoms with Gasteiger partial charge >= 0.3 is 12.0 Å². The lowest BCUT2D eigenvalue weighted by atomic mass is 9.81. The number of urea groups is 1. The number of carbonyl (C=O) groups is 2. The summed E-state index contributed by atoms with van der Waals surface area (Å²) in [7, 11) is -3.23. The lowest BCUT2D eigenvalue weighted by Crippen LogP contribution is -2.41. The Bertz CT molecular complexity index is 788. The average Bonchev–Trinajstić information content (AvgIpc) is 3.26. The highest BCUT2D eigenvalue weighted by molar-refractivity contribution is 7.93. The van der Waals surface area contributed by atoms with E-state index in [2.05, 4.69) is 5.32 Å². The van der Waals surface area contributed by atoms with Gasteiger partial charge in [0.15, 0.2) is 9.84 Å². The van der Waals surface area contributed by atoms with E-state index in [1.54, 1.807) is 24.0 Å². The molecule has 1 saturated carbocycles. The van der Waals surface area contributed by atoms with Gasteiger partial charge in [0.2, 0.25) is 0 Å². The van der Waals surface area contributed by atoms with E-state index in [0.717, 1.165) is 29.1 Å². The quantitative estimate of drug-likeness (QED) is 0.805. The molecule has 2 fully saturated rings. The number of rotatable bonds is 5. The molecule has 2 N–H and O–H groups in total. The Kier molecular flexibility index (Phi) is 4.80. The van der Waals surface area contributed by atoms with Gasteiger partial charge in [-0.05, 0) is 30.9 Å². The summed E-state index contributed by atoms with van der Waals surface area (Å²) >= 11 is 1.15. The van der Waals surface area contributed by atoms with Crippen molar-refractivity contribution in [1.29, 1.82) is 0 Å². The van der Waals surface area contributed by atoms with Gasteiger partial charge in [-0.3, -0.25) is 4.79 Å². The van der Waals surface area contributed by atoms with Crippen LogP contribution in [0.3, 0.4) is 0 Å². The monoisotopic (exact) mass is 386 g/mol. The van der Waals surface area contributed by atoms with Crippen LogP contribution in [0.4, 0.5) is 4.79 Å². The maximum atomic E-state index is 12.4. The molecule has 0 aromatic carbocycles. The van der Waals surface area contributed by atoms with Crippen LogP contribution in [0.15, 0.2) is 16.3 Å². The van der Waals surface area contributed by atoms with E-state index < -0.39 is 21.2 Å². The molecule has 0 radical (unpaired) electrons. The largest absolute Gasteiger partial charge is 0.481 e. The van der Waals surface area contributed by atoms with Crippen molar-refractivity contribution in [1.82, 2.24) is 10.2 Å². The van der Waals surface area contributed by atoms with Crippen molar-refractivity contribution in [2.45, 2.75) is 36.9 Å². The van der Waals surface area contributed by atoms with Crippen LogP contribution in [0.2, 0.25) is 0 Å². The SMILES string of the molecule is CCS(=O)(=O)c1ccc(CNC(=O)N2C[C@@H]3CCC[C@@]3(C(=O)O)C2)s1. The van der Waals surface area contributed by atoms with Crippen molar-refractivity contribution in [3.63, 3.8) is 0 Å². The molecule has 2 amide bonds. The predicted molar refractivity (Wildman–Crippen MR) is 93.3 cm³/mol. The first kappa shape index (κ1) is 18.2. The molecule has 3 rings (SSSR count). The van der Waals surface area contributed by atoms with Crippen LogP contribution in [0.1, 0.15) is 31.1 Å². The number of carboxylic acids is 1. The van der Waals surface area contributed by atoms with E-state index in [4.69, 9.17) is 0 Å². The summed E-state index contributed by atoms with van der Waals surface area (Å²) in [6.45, 7) is 2.56. The molecule has 2 atom stereocenters. The molecule has 1 aliphatic heterocycles. The van der Waals surface area contributed by atoms with Gasteiger partial charge in [0.05, 0.1) is 17.7 Å². The number of fused-ring (bicyclic) bond motifs is 1. The molecule has 0 unspecified atom stereocenters. The first-order valence-corrected chi connectivity index (χ1v) is 10.8. The van der Waals surface area contributed by atoms with Gasteiger partial charge in [-0.2, -0.15) is 0 Å². The van der Waals surface area contributed by atoms with Gasteiger partial charge in [0, 0.05) is 18.0 Å². The normalized spacial score (nSPS) is 25.8. The highest BCUT2D eigenvalue weighted by atomic mass is 32.2. The van der Waals surface area contributed by atoms with Crippen LogP contribution in [-0.4, -0.2) is 49.3 Å². The van der Waals surface area contributed by atoms with Gasteiger partial charge in [-0.15, -0.1) is 11.3 Å². The third kappa shape index (κ3) is 3.27. The summed E-state index contributed by atoms with van der Waals surface area (Å²) in [6, 6.07) is 2.97. The molecule has 1 aromatic rings. The second-order valence-electron chi connectivity index (χ2n) is 6.71. The molecule has 1 aromatic heterocycles. The minimum atomic E-state index is -3.23. The Morgan fingerprint density at radius 3 is 2.84 bits per heavy atom. The first-order chi connectivity index (χ1) is 11.8. The summed E-state index contributed by atoms with van der Waals surface area (Å²) < 4.78 is 24.0. The number of nitrogens with one attached hydrogen (secondary N) is 1. The number of hydrogen-bond donors (Lipinski definition) is 2. The van der Waals surface area contributed by atoms with E-state index in [-0.39, 0.29) is 30.8 Å². The molecule has 2 heterocycles. The topological polar surface area (TPSA) is 104 Å². The van der Waals surface area contributed by atoms with Gasteiger partial charge < -0.3 is 15.3 Å². The predicted octanol–water partition coefficient (Wildman–Crippen LogP) is 1.94. The maximum Gasteiger partial charge on any atom is 0.317 e. The minimum Gasteiger partial charge on any atom is -0.481 e. The highest BCUT2D eigenvalue weighted by Crippen LogP contribution is 2.48. The van der Waals surface area contributed by atoms with Crippen LogP contribution in [0.5, 0.6) is 0 Å². The summed E-state index contributed by atoms with van der Waals surface area (Å²) in [5.74, 6) is -0.733. The highest BCUT2D eigenvalue weighted by Gasteiger charge is 2.55. The minimum absolute atomic E-state index is 0.0267. The molecule has 0 spiro atoms. The van der Waals surface area contributed by atoms with Crippen LogP contribution in [0, 0.1) is 11.3 Å². The molecule has 1 aliphatic carbocycles. The van der Waals surface area contributed by atoms with Crippen LogP contribution in [0.25, 0.3) is 0 Å². The Balaban J connectivity index is 1.60. The van der Waals surface area contributed by atoms with Crippen molar-refractivity contribution in [2.24, 2.45) is 11.3 Å². The Morgan fingerprint density at radius 1 is 1.44 bits per heavy atom. The van der Waals surface area contributed by atoms with Crippen LogP contribution >= 0.6 is 11.3 Å². The molecular formula is C16H22N2O5S2. The fourth-order valence-corrected chi connectivity index (χ4v) is 6.25. The molecule has 138 valence electrons. The molecule has 25 heavy (non-hydrogen) atoms. The van der Waals surface area contributed by atoms with Crippen molar-refractivity contribution in [3.8, 4) is 0 Å². The smallest absolute Gasteiger partial charge is 0.317 e. The van der Waals surface area contributed by atoms with E-state index in [0.29, 0.717) is 17.2 Å². The maximum absolute atomic E-state index is 12.4. The second-order valence-corrected chi connectivity index (χ2v) is 10.4. The zero-order chi connectivity index (χ0) is 18.2. The number of likely N-dealkylation sites (tertiary alicyclic amines) is 1. The fourth-order valence-electron chi connectivity index (χ4n) is 3.83. The van der Waals surface area contributed by atoms with Crippen molar-refractivity contribution >= 4 is 33.2 Å². The summed E-state index contributed by atoms with van der Waals surface area (Å²) in [5, 5.41) is 12.3. The number of aliphatic carboxylic acids is 1. The molecule has 7 nitrogen and oxygen atoms in total. The number of carbonyl (C=O) groups excluding carboxylic acids is 1. The van der Waals surface area contributed by atoms with Crippen molar-refractivity contribution < 1.29 is 23.1 Å². The van der Waals surface area contributed by atoms with E-state index in [9.17, 15) is 23.1 Å². The molecule has 9 heteroatoms. The number of carboxylic acid groups (broad SMARTS) is 1. The summed E-state index contributed by atoms with van der Waals surface area (Å²) in [6.07, 6.45) is 2.37. The third-order valence-corrected chi connectivity index (χ3v) is 8.72. The number of sulfone groups is 1. The Hall–Kier alpha value is -1.61. The van der Waals surface area contributed by atoms with Gasteiger partial charge in [0.25, 0.3) is 0 Å². The standard InChI is InChI=1S/C16H22N2O5S2/c1-2-25(22,23)13-6-5-12(24-13)8-17-15(21)18-9-11-4-3-7-16(11,10-18)14(19)20/h5-6,11H,2-4,7-10H2,1H3,(H,17,21)(H,19,20)/t11-,16+/m0/s1. The zero-order valence-corrected chi connectivity index (χ0v) is 15.7. The molecule has 1 saturated heterocycles. The zero-order valence-electron chi connectivity index (χ0n) is 14.0. The van der Waals surface area contributed by atoms with Gasteiger partial charge in [-0.25, -0.2) is 13.2 Å². The molecular weight excluding hydrogens is 364 g/mol. The molecule has 0 bridgehead atoms. The molecule has 2 aliphatic rings. The lowest BCUT2D eigenvalue weighted by molar-refractivity contribution is -0.149. The summed E-state index contributed by atoms with van der Waals surface area (Å²) in [4.78, 5) is 26.4. The second kappa shape index (κ2) is 6.60. The van der Waals surface area contributed by atoms with Crippen LogP contribution in [-0.2, 0) is 21.2 Å². The van der Waals surface area contributed by atoms with Gasteiger partial charge in [-0.1, -0.05) is 13.3 Å². The average molecular weight is 386 g/mol. The van der Waals surface area contributed by atoms with E-state index >= 15 is 0 Å². The number of nitrogens with zero attached hydrogens (tertiary/aromatic N) is 1. The van der Waals surface area contributed by atoms with Crippen molar-refractivity contribution in [2.75, 3.05) is 18.8 Å². The Morgan fingerprint density at radius 2 is 2.20 bits per heavy atom. The van der Waals surface area contributed by atoms with E-state index in [1.165, 1.54) is 0 Å². The van der Waals surface area contributed by atoms with Gasteiger partial charge in [0.1, 0.15) is 4.21 Å². The number of thiophene rings is 1. The number of hydrogen-bond acceptors (Lipinski definition) is 5. The first-order valence-electron chi connectivity index (χ1n) is 8.36. The van der Waals surface area contributed by atoms with E-state index in [1.807, 2.05) is 0 Å². The number of amides is 2. The third-order valence-electron chi connectivity index (χ3n) is 5.32. The fraction of sp³-hybridized carbons (Fsp3) is 0.625.